The summed E-state index contributed by atoms with van der Waals surface area (Å²) in [4.78, 5) is -0.942. The molecule has 0 aliphatic rings. The van der Waals surface area contributed by atoms with Gasteiger partial charge in [0.15, 0.2) is 17.5 Å². The van der Waals surface area contributed by atoms with Crippen LogP contribution in [0.1, 0.15) is 11.1 Å². The Kier molecular flexibility index (Phi) is 3.95. The minimum atomic E-state index is -4.35. The molecule has 0 bridgehead atoms. The Morgan fingerprint density at radius 3 is 2.29 bits per heavy atom. The number of anilines is 1. The van der Waals surface area contributed by atoms with Gasteiger partial charge in [-0.3, -0.25) is 4.72 Å². The molecular formula is C14H12F3NO2S. The van der Waals surface area contributed by atoms with E-state index in [4.69, 9.17) is 0 Å². The summed E-state index contributed by atoms with van der Waals surface area (Å²) < 4.78 is 66.0. The third-order valence-electron chi connectivity index (χ3n) is 3.14. The quantitative estimate of drug-likeness (QED) is 0.881. The number of halogens is 3. The van der Waals surface area contributed by atoms with E-state index in [0.717, 1.165) is 5.56 Å². The zero-order chi connectivity index (χ0) is 15.8. The molecule has 0 aromatic heterocycles. The Labute approximate surface area is 120 Å². The highest BCUT2D eigenvalue weighted by Crippen LogP contribution is 2.25. The zero-order valence-electron chi connectivity index (χ0n) is 11.2. The van der Waals surface area contributed by atoms with Gasteiger partial charge in [-0.25, -0.2) is 21.6 Å². The second-order valence-electron chi connectivity index (χ2n) is 4.53. The van der Waals surface area contributed by atoms with Gasteiger partial charge in [0.1, 0.15) is 4.90 Å². The average Bonchev–Trinajstić information content (AvgIpc) is 2.41. The highest BCUT2D eigenvalue weighted by Gasteiger charge is 2.24. The predicted octanol–water partition coefficient (Wildman–Crippen LogP) is 3.52. The minimum absolute atomic E-state index is 0.249. The summed E-state index contributed by atoms with van der Waals surface area (Å²) in [6.07, 6.45) is 0. The number of sulfonamides is 1. The van der Waals surface area contributed by atoms with E-state index in [1.807, 2.05) is 0 Å². The fourth-order valence-corrected chi connectivity index (χ4v) is 2.97. The second-order valence-corrected chi connectivity index (χ2v) is 6.18. The molecule has 2 aromatic rings. The Morgan fingerprint density at radius 1 is 0.952 bits per heavy atom. The van der Waals surface area contributed by atoms with Crippen molar-refractivity contribution in [3.63, 3.8) is 0 Å². The van der Waals surface area contributed by atoms with Gasteiger partial charge in [0.2, 0.25) is 0 Å². The molecule has 0 spiro atoms. The summed E-state index contributed by atoms with van der Waals surface area (Å²) in [6.45, 7) is 3.47. The van der Waals surface area contributed by atoms with E-state index in [-0.39, 0.29) is 5.69 Å². The third-order valence-corrected chi connectivity index (χ3v) is 4.52. The molecule has 0 saturated heterocycles. The van der Waals surface area contributed by atoms with Crippen LogP contribution in [0.25, 0.3) is 0 Å². The SMILES string of the molecule is Cc1cccc(NS(=O)(=O)c2ccc(F)c(F)c2F)c1C. The first kappa shape index (κ1) is 15.4. The van der Waals surface area contributed by atoms with Gasteiger partial charge in [-0.05, 0) is 43.2 Å². The number of hydrogen-bond donors (Lipinski definition) is 1. The highest BCUT2D eigenvalue weighted by molar-refractivity contribution is 7.92. The molecule has 7 heteroatoms. The van der Waals surface area contributed by atoms with Gasteiger partial charge >= 0.3 is 0 Å². The van der Waals surface area contributed by atoms with Gasteiger partial charge in [-0.15, -0.1) is 0 Å². The maximum Gasteiger partial charge on any atom is 0.264 e. The average molecular weight is 315 g/mol. The van der Waals surface area contributed by atoms with E-state index in [0.29, 0.717) is 17.7 Å². The van der Waals surface area contributed by atoms with E-state index < -0.39 is 32.4 Å². The molecule has 0 amide bonds. The lowest BCUT2D eigenvalue weighted by Gasteiger charge is -2.12. The van der Waals surface area contributed by atoms with Crippen LogP contribution in [0.3, 0.4) is 0 Å². The molecule has 0 unspecified atom stereocenters. The van der Waals surface area contributed by atoms with E-state index in [9.17, 15) is 21.6 Å². The van der Waals surface area contributed by atoms with Crippen molar-refractivity contribution in [3.05, 3.63) is 58.9 Å². The number of hydrogen-bond acceptors (Lipinski definition) is 2. The third kappa shape index (κ3) is 2.87. The monoisotopic (exact) mass is 315 g/mol. The van der Waals surface area contributed by atoms with Crippen LogP contribution in [0.5, 0.6) is 0 Å². The molecule has 2 aromatic carbocycles. The van der Waals surface area contributed by atoms with E-state index in [2.05, 4.69) is 4.72 Å². The van der Waals surface area contributed by atoms with Crippen molar-refractivity contribution in [1.29, 1.82) is 0 Å². The van der Waals surface area contributed by atoms with Crippen LogP contribution in [0, 0.1) is 31.3 Å². The second kappa shape index (κ2) is 5.40. The number of nitrogens with one attached hydrogen (secondary N) is 1. The zero-order valence-corrected chi connectivity index (χ0v) is 12.1. The molecule has 21 heavy (non-hydrogen) atoms. The maximum absolute atomic E-state index is 13.6. The van der Waals surface area contributed by atoms with Crippen molar-refractivity contribution >= 4 is 15.7 Å². The first-order valence-corrected chi connectivity index (χ1v) is 7.45. The smallest absolute Gasteiger partial charge is 0.264 e. The topological polar surface area (TPSA) is 46.2 Å². The van der Waals surface area contributed by atoms with Crippen LogP contribution in [0.2, 0.25) is 0 Å². The molecule has 1 N–H and O–H groups in total. The van der Waals surface area contributed by atoms with Gasteiger partial charge in [-0.1, -0.05) is 12.1 Å². The number of rotatable bonds is 3. The Balaban J connectivity index is 2.49. The van der Waals surface area contributed by atoms with Crippen molar-refractivity contribution < 1.29 is 21.6 Å². The fourth-order valence-electron chi connectivity index (χ4n) is 1.78. The van der Waals surface area contributed by atoms with E-state index >= 15 is 0 Å². The van der Waals surface area contributed by atoms with Crippen molar-refractivity contribution in [2.24, 2.45) is 0 Å². The standard InChI is InChI=1S/C14H12F3NO2S/c1-8-4-3-5-11(9(8)2)18-21(19,20)12-7-6-10(15)13(16)14(12)17/h3-7,18H,1-2H3. The first-order chi connectivity index (χ1) is 9.74. The molecule has 0 radical (unpaired) electrons. The Bertz CT molecular complexity index is 804. The maximum atomic E-state index is 13.6. The molecule has 0 aliphatic carbocycles. The van der Waals surface area contributed by atoms with Crippen LogP contribution in [0.4, 0.5) is 18.9 Å². The molecule has 0 atom stereocenters. The fraction of sp³-hybridized carbons (Fsp3) is 0.143. The molecule has 2 rings (SSSR count). The summed E-state index contributed by atoms with van der Waals surface area (Å²) in [6, 6.07) is 6.15. The van der Waals surface area contributed by atoms with Crippen molar-refractivity contribution in [3.8, 4) is 0 Å². The largest absolute Gasteiger partial charge is 0.279 e. The summed E-state index contributed by atoms with van der Waals surface area (Å²) in [5, 5.41) is 0. The lowest BCUT2D eigenvalue weighted by Crippen LogP contribution is -2.16. The summed E-state index contributed by atoms with van der Waals surface area (Å²) >= 11 is 0. The molecule has 0 saturated carbocycles. The van der Waals surface area contributed by atoms with E-state index in [1.54, 1.807) is 26.0 Å². The van der Waals surface area contributed by atoms with Gasteiger partial charge in [0.05, 0.1) is 5.69 Å². The number of benzene rings is 2. The molecule has 0 fully saturated rings. The van der Waals surface area contributed by atoms with Crippen LogP contribution < -0.4 is 4.72 Å². The first-order valence-electron chi connectivity index (χ1n) is 5.96. The number of aryl methyl sites for hydroxylation is 1. The highest BCUT2D eigenvalue weighted by atomic mass is 32.2. The van der Waals surface area contributed by atoms with Gasteiger partial charge < -0.3 is 0 Å². The summed E-state index contributed by atoms with van der Waals surface area (Å²) in [5.41, 5.74) is 1.74. The minimum Gasteiger partial charge on any atom is -0.279 e. The lowest BCUT2D eigenvalue weighted by atomic mass is 10.1. The van der Waals surface area contributed by atoms with Crippen LogP contribution in [-0.4, -0.2) is 8.42 Å². The van der Waals surface area contributed by atoms with Gasteiger partial charge in [0, 0.05) is 0 Å². The van der Waals surface area contributed by atoms with Crippen LogP contribution in [-0.2, 0) is 10.0 Å². The molecule has 0 aliphatic heterocycles. The summed E-state index contributed by atoms with van der Waals surface area (Å²) in [5.74, 6) is -5.01. The van der Waals surface area contributed by atoms with Gasteiger partial charge in [0.25, 0.3) is 10.0 Å². The summed E-state index contributed by atoms with van der Waals surface area (Å²) in [7, 11) is -4.35. The molecule has 0 heterocycles. The predicted molar refractivity (Wildman–Crippen MR) is 73.0 cm³/mol. The van der Waals surface area contributed by atoms with Crippen molar-refractivity contribution in [1.82, 2.24) is 0 Å². The van der Waals surface area contributed by atoms with Crippen LogP contribution in [0.15, 0.2) is 35.2 Å². The molecule has 112 valence electrons. The molecular weight excluding hydrogens is 303 g/mol. The van der Waals surface area contributed by atoms with Crippen molar-refractivity contribution in [2.45, 2.75) is 18.7 Å². The normalized spacial score (nSPS) is 11.5. The van der Waals surface area contributed by atoms with Crippen molar-refractivity contribution in [2.75, 3.05) is 4.72 Å². The lowest BCUT2D eigenvalue weighted by molar-refractivity contribution is 0.432. The Hall–Kier alpha value is -2.02. The van der Waals surface area contributed by atoms with E-state index in [1.165, 1.54) is 6.07 Å². The van der Waals surface area contributed by atoms with Crippen LogP contribution >= 0.6 is 0 Å². The Morgan fingerprint density at radius 2 is 1.62 bits per heavy atom. The molecule has 3 nitrogen and oxygen atoms in total. The van der Waals surface area contributed by atoms with Gasteiger partial charge in [-0.2, -0.15) is 0 Å².